The third-order valence-electron chi connectivity index (χ3n) is 5.56. The van der Waals surface area contributed by atoms with Gasteiger partial charge in [0.15, 0.2) is 11.7 Å². The Morgan fingerprint density at radius 2 is 1.70 bits per heavy atom. The average Bonchev–Trinajstić information content (AvgIpc) is 3.28. The number of amides is 1. The molecule has 0 saturated carbocycles. The molecule has 0 aliphatic heterocycles. The molecule has 1 atom stereocenters. The van der Waals surface area contributed by atoms with E-state index >= 15 is 0 Å². The molecule has 3 rings (SSSR count). The highest BCUT2D eigenvalue weighted by molar-refractivity contribution is 7.89. The first-order valence-electron chi connectivity index (χ1n) is 11.2. The molecule has 0 spiro atoms. The van der Waals surface area contributed by atoms with Gasteiger partial charge in [0.1, 0.15) is 0 Å². The minimum Gasteiger partial charge on any atom is -0.441 e. The second-order valence-electron chi connectivity index (χ2n) is 7.93. The van der Waals surface area contributed by atoms with Gasteiger partial charge in [-0.3, -0.25) is 4.79 Å². The smallest absolute Gasteiger partial charge is 0.243 e. The monoisotopic (exact) mass is 469 g/mol. The Labute approximate surface area is 195 Å². The van der Waals surface area contributed by atoms with Gasteiger partial charge >= 0.3 is 0 Å². The van der Waals surface area contributed by atoms with Crippen molar-refractivity contribution < 1.29 is 17.6 Å². The van der Waals surface area contributed by atoms with Crippen molar-refractivity contribution in [2.45, 2.75) is 51.5 Å². The number of hydrogen-bond acceptors (Lipinski definition) is 5. The van der Waals surface area contributed by atoms with Gasteiger partial charge in [-0.2, -0.15) is 4.31 Å². The summed E-state index contributed by atoms with van der Waals surface area (Å²) in [5.74, 6) is 1.07. The summed E-state index contributed by atoms with van der Waals surface area (Å²) < 4.78 is 32.4. The fourth-order valence-electron chi connectivity index (χ4n) is 3.54. The van der Waals surface area contributed by atoms with Crippen molar-refractivity contribution in [1.29, 1.82) is 0 Å². The number of hydrogen-bond donors (Lipinski definition) is 1. The number of carbonyl (C=O) groups excluding carboxylic acids is 1. The highest BCUT2D eigenvalue weighted by Crippen LogP contribution is 2.22. The Balaban J connectivity index is 1.55. The molecule has 1 N–H and O–H groups in total. The van der Waals surface area contributed by atoms with Crippen LogP contribution in [0.2, 0.25) is 0 Å². The van der Waals surface area contributed by atoms with E-state index in [2.05, 4.69) is 10.3 Å². The van der Waals surface area contributed by atoms with Crippen LogP contribution < -0.4 is 5.32 Å². The van der Waals surface area contributed by atoms with E-state index in [1.165, 1.54) is 9.87 Å². The Hall–Kier alpha value is -2.97. The molecule has 7 nitrogen and oxygen atoms in total. The summed E-state index contributed by atoms with van der Waals surface area (Å²) in [5.41, 5.74) is 2.95. The first kappa shape index (κ1) is 24.7. The third-order valence-corrected chi connectivity index (χ3v) is 7.62. The minimum absolute atomic E-state index is 0.127. The van der Waals surface area contributed by atoms with Crippen molar-refractivity contribution >= 4 is 15.9 Å². The van der Waals surface area contributed by atoms with Crippen molar-refractivity contribution in [3.05, 3.63) is 71.7 Å². The van der Waals surface area contributed by atoms with E-state index in [-0.39, 0.29) is 23.3 Å². The lowest BCUT2D eigenvalue weighted by molar-refractivity contribution is -0.121. The average molecular weight is 470 g/mol. The zero-order valence-corrected chi connectivity index (χ0v) is 20.4. The van der Waals surface area contributed by atoms with E-state index in [1.54, 1.807) is 30.5 Å². The van der Waals surface area contributed by atoms with Gasteiger partial charge in [0.25, 0.3) is 0 Å². The number of aromatic nitrogens is 1. The molecule has 33 heavy (non-hydrogen) atoms. The molecule has 0 bridgehead atoms. The van der Waals surface area contributed by atoms with Gasteiger partial charge in [-0.15, -0.1) is 0 Å². The predicted molar refractivity (Wildman–Crippen MR) is 128 cm³/mol. The highest BCUT2D eigenvalue weighted by Gasteiger charge is 2.21. The molecule has 0 fully saturated rings. The first-order chi connectivity index (χ1) is 15.7. The zero-order valence-electron chi connectivity index (χ0n) is 19.5. The zero-order chi connectivity index (χ0) is 24.0. The van der Waals surface area contributed by atoms with Crippen molar-refractivity contribution in [2.75, 3.05) is 13.1 Å². The summed E-state index contributed by atoms with van der Waals surface area (Å²) in [7, 11) is -3.50. The van der Waals surface area contributed by atoms with E-state index < -0.39 is 10.0 Å². The van der Waals surface area contributed by atoms with E-state index in [0.29, 0.717) is 31.2 Å². The maximum atomic E-state index is 12.6. The second kappa shape index (κ2) is 10.8. The highest BCUT2D eigenvalue weighted by atomic mass is 32.2. The third kappa shape index (κ3) is 6.09. The fraction of sp³-hybridized carbons (Fsp3) is 0.360. The van der Waals surface area contributed by atoms with Crippen molar-refractivity contribution in [1.82, 2.24) is 14.6 Å². The molecule has 1 aromatic heterocycles. The molecule has 1 amide bonds. The van der Waals surface area contributed by atoms with Crippen LogP contribution >= 0.6 is 0 Å². The molecule has 2 aromatic carbocycles. The Morgan fingerprint density at radius 3 is 2.30 bits per heavy atom. The molecular weight excluding hydrogens is 438 g/mol. The number of carbonyl (C=O) groups is 1. The van der Waals surface area contributed by atoms with Crippen LogP contribution in [0.1, 0.15) is 50.3 Å². The summed E-state index contributed by atoms with van der Waals surface area (Å²) in [6, 6.07) is 14.4. The number of benzene rings is 2. The molecule has 8 heteroatoms. The standard InChI is InChI=1S/C25H31N3O4S/c1-5-28(6-2)33(30,31)22-13-11-20(12-14-22)19(4)27-24(29)15-16-25-26-17-23(32-25)21-9-7-18(3)8-10-21/h7-14,17,19H,5-6,15-16H2,1-4H3,(H,27,29). The SMILES string of the molecule is CCN(CC)S(=O)(=O)c1ccc(C(C)NC(=O)CCc2ncc(-c3ccc(C)cc3)o2)cc1. The molecule has 0 aliphatic carbocycles. The predicted octanol–water partition coefficient (Wildman–Crippen LogP) is 4.49. The van der Waals surface area contributed by atoms with E-state index in [4.69, 9.17) is 4.42 Å². The van der Waals surface area contributed by atoms with Gasteiger partial charge in [0.2, 0.25) is 15.9 Å². The maximum Gasteiger partial charge on any atom is 0.243 e. The Bertz CT molecular complexity index is 1170. The van der Waals surface area contributed by atoms with Crippen LogP contribution in [0, 0.1) is 6.92 Å². The van der Waals surface area contributed by atoms with Crippen LogP contribution in [0.4, 0.5) is 0 Å². The van der Waals surface area contributed by atoms with Crippen LogP contribution in [0.15, 0.2) is 64.0 Å². The number of rotatable bonds is 10. The maximum absolute atomic E-state index is 12.6. The van der Waals surface area contributed by atoms with Crippen LogP contribution in [0.25, 0.3) is 11.3 Å². The quantitative estimate of drug-likeness (QED) is 0.472. The molecule has 3 aromatic rings. The van der Waals surface area contributed by atoms with Crippen LogP contribution in [-0.2, 0) is 21.2 Å². The van der Waals surface area contributed by atoms with Gasteiger partial charge in [-0.05, 0) is 31.5 Å². The minimum atomic E-state index is -3.50. The lowest BCUT2D eigenvalue weighted by Gasteiger charge is -2.19. The lowest BCUT2D eigenvalue weighted by Crippen LogP contribution is -2.30. The van der Waals surface area contributed by atoms with Gasteiger partial charge in [-0.1, -0.05) is 55.8 Å². The Kier molecular flexibility index (Phi) is 8.05. The number of sulfonamides is 1. The molecule has 0 aliphatic rings. The summed E-state index contributed by atoms with van der Waals surface area (Å²) in [4.78, 5) is 17.0. The van der Waals surface area contributed by atoms with Crippen LogP contribution in [-0.4, -0.2) is 36.7 Å². The first-order valence-corrected chi connectivity index (χ1v) is 12.6. The molecule has 176 valence electrons. The van der Waals surface area contributed by atoms with E-state index in [9.17, 15) is 13.2 Å². The number of oxazole rings is 1. The van der Waals surface area contributed by atoms with Crippen molar-refractivity contribution in [3.8, 4) is 11.3 Å². The number of nitrogens with zero attached hydrogens (tertiary/aromatic N) is 2. The normalized spacial score (nSPS) is 12.6. The van der Waals surface area contributed by atoms with Crippen LogP contribution in [0.5, 0.6) is 0 Å². The summed E-state index contributed by atoms with van der Waals surface area (Å²) in [5, 5.41) is 2.95. The van der Waals surface area contributed by atoms with Gasteiger partial charge in [0.05, 0.1) is 17.1 Å². The summed E-state index contributed by atoms with van der Waals surface area (Å²) in [6.45, 7) is 8.36. The second-order valence-corrected chi connectivity index (χ2v) is 9.87. The van der Waals surface area contributed by atoms with Gasteiger partial charge in [0, 0.05) is 31.5 Å². The molecular formula is C25H31N3O4S. The topological polar surface area (TPSA) is 92.5 Å². The van der Waals surface area contributed by atoms with Crippen molar-refractivity contribution in [2.24, 2.45) is 0 Å². The molecule has 1 unspecified atom stereocenters. The van der Waals surface area contributed by atoms with Crippen molar-refractivity contribution in [3.63, 3.8) is 0 Å². The lowest BCUT2D eigenvalue weighted by atomic mass is 10.1. The largest absolute Gasteiger partial charge is 0.441 e. The fourth-order valence-corrected chi connectivity index (χ4v) is 4.99. The molecule has 0 radical (unpaired) electrons. The van der Waals surface area contributed by atoms with Crippen LogP contribution in [0.3, 0.4) is 0 Å². The van der Waals surface area contributed by atoms with Gasteiger partial charge in [-0.25, -0.2) is 13.4 Å². The summed E-state index contributed by atoms with van der Waals surface area (Å²) >= 11 is 0. The molecule has 0 saturated heterocycles. The van der Waals surface area contributed by atoms with E-state index in [0.717, 1.165) is 11.1 Å². The number of aryl methyl sites for hydroxylation is 2. The number of nitrogens with one attached hydrogen (secondary N) is 1. The van der Waals surface area contributed by atoms with E-state index in [1.807, 2.05) is 52.0 Å². The van der Waals surface area contributed by atoms with Gasteiger partial charge < -0.3 is 9.73 Å². The summed E-state index contributed by atoms with van der Waals surface area (Å²) in [6.07, 6.45) is 2.31. The Morgan fingerprint density at radius 1 is 1.06 bits per heavy atom. The molecule has 1 heterocycles.